The third-order valence-corrected chi connectivity index (χ3v) is 4.17. The topological polar surface area (TPSA) is 61.8 Å². The molecule has 0 spiro atoms. The van der Waals surface area contributed by atoms with Gasteiger partial charge in [-0.25, -0.2) is 0 Å². The molecule has 0 aliphatic heterocycles. The average Bonchev–Trinajstić information content (AvgIpc) is 2.46. The van der Waals surface area contributed by atoms with E-state index < -0.39 is 0 Å². The average molecular weight is 275 g/mol. The molecule has 3 N–H and O–H groups in total. The van der Waals surface area contributed by atoms with Gasteiger partial charge in [0.25, 0.3) is 0 Å². The van der Waals surface area contributed by atoms with E-state index in [0.717, 1.165) is 6.54 Å². The summed E-state index contributed by atoms with van der Waals surface area (Å²) in [5.41, 5.74) is 8.63. The molecule has 1 unspecified atom stereocenters. The quantitative estimate of drug-likeness (QED) is 0.376. The predicted molar refractivity (Wildman–Crippen MR) is 82.2 cm³/mol. The van der Waals surface area contributed by atoms with Gasteiger partial charge in [0.2, 0.25) is 0 Å². The monoisotopic (exact) mass is 275 g/mol. The van der Waals surface area contributed by atoms with Crippen molar-refractivity contribution in [1.82, 2.24) is 4.90 Å². The van der Waals surface area contributed by atoms with Gasteiger partial charge in [-0.1, -0.05) is 29.4 Å². The molecule has 1 aromatic rings. The van der Waals surface area contributed by atoms with Crippen molar-refractivity contribution in [3.8, 4) is 0 Å². The lowest BCUT2D eigenvalue weighted by molar-refractivity contribution is 0.225. The number of rotatable bonds is 5. The van der Waals surface area contributed by atoms with Crippen molar-refractivity contribution in [2.45, 2.75) is 45.1 Å². The molecule has 0 aromatic heterocycles. The second-order valence-corrected chi connectivity index (χ2v) is 5.90. The van der Waals surface area contributed by atoms with E-state index >= 15 is 0 Å². The van der Waals surface area contributed by atoms with Crippen LogP contribution in [-0.2, 0) is 6.42 Å². The van der Waals surface area contributed by atoms with Crippen LogP contribution >= 0.6 is 0 Å². The molecule has 0 saturated heterocycles. The molecular formula is C16H25N3O. The highest BCUT2D eigenvalue weighted by atomic mass is 16.4. The van der Waals surface area contributed by atoms with Crippen LogP contribution in [0.2, 0.25) is 0 Å². The lowest BCUT2D eigenvalue weighted by atomic mass is 9.82. The maximum Gasteiger partial charge on any atom is 0.153 e. The summed E-state index contributed by atoms with van der Waals surface area (Å²) in [4.78, 5) is 2.28. The number of nitrogens with two attached hydrogens (primary N) is 1. The maximum absolute atomic E-state index is 8.77. The lowest BCUT2D eigenvalue weighted by Gasteiger charge is -2.33. The van der Waals surface area contributed by atoms with Gasteiger partial charge in [0.15, 0.2) is 5.84 Å². The van der Waals surface area contributed by atoms with Crippen molar-refractivity contribution in [2.75, 3.05) is 13.1 Å². The number of hydrogen-bond acceptors (Lipinski definition) is 3. The summed E-state index contributed by atoms with van der Waals surface area (Å²) < 4.78 is 0. The van der Waals surface area contributed by atoms with Crippen molar-refractivity contribution in [1.29, 1.82) is 0 Å². The van der Waals surface area contributed by atoms with E-state index in [1.165, 1.54) is 30.4 Å². The molecule has 0 saturated carbocycles. The van der Waals surface area contributed by atoms with Crippen LogP contribution in [0.4, 0.5) is 0 Å². The largest absolute Gasteiger partial charge is 0.409 e. The van der Waals surface area contributed by atoms with Crippen LogP contribution in [0.15, 0.2) is 29.4 Å². The first-order valence-corrected chi connectivity index (χ1v) is 7.40. The van der Waals surface area contributed by atoms with Crippen LogP contribution < -0.4 is 5.73 Å². The third-order valence-electron chi connectivity index (χ3n) is 4.17. The third kappa shape index (κ3) is 3.51. The van der Waals surface area contributed by atoms with Crippen molar-refractivity contribution in [3.05, 3.63) is 35.4 Å². The summed E-state index contributed by atoms with van der Waals surface area (Å²) in [5.74, 6) is 0.830. The summed E-state index contributed by atoms with van der Waals surface area (Å²) >= 11 is 0. The molecular weight excluding hydrogens is 250 g/mol. The van der Waals surface area contributed by atoms with Crippen molar-refractivity contribution < 1.29 is 5.21 Å². The molecule has 0 heterocycles. The van der Waals surface area contributed by atoms with E-state index in [-0.39, 0.29) is 5.84 Å². The van der Waals surface area contributed by atoms with Crippen LogP contribution in [0.3, 0.4) is 0 Å². The fourth-order valence-corrected chi connectivity index (χ4v) is 3.02. The Bertz CT molecular complexity index is 471. The minimum absolute atomic E-state index is 0.280. The summed E-state index contributed by atoms with van der Waals surface area (Å²) in [7, 11) is 0. The Morgan fingerprint density at radius 2 is 2.20 bits per heavy atom. The summed E-state index contributed by atoms with van der Waals surface area (Å²) in [6.45, 7) is 5.79. The van der Waals surface area contributed by atoms with Gasteiger partial charge in [0.05, 0.1) is 6.54 Å². The zero-order valence-corrected chi connectivity index (χ0v) is 12.4. The Hall–Kier alpha value is -1.55. The molecule has 1 aliphatic rings. The molecule has 1 aromatic carbocycles. The Kier molecular flexibility index (Phi) is 5.01. The number of aryl methyl sites for hydroxylation is 1. The Balaban J connectivity index is 2.12. The van der Waals surface area contributed by atoms with Gasteiger partial charge in [-0.15, -0.1) is 0 Å². The lowest BCUT2D eigenvalue weighted by Crippen LogP contribution is -2.41. The van der Waals surface area contributed by atoms with Gasteiger partial charge >= 0.3 is 0 Å². The number of oxime groups is 1. The highest BCUT2D eigenvalue weighted by Gasteiger charge is 2.23. The molecule has 0 bridgehead atoms. The van der Waals surface area contributed by atoms with Crippen molar-refractivity contribution >= 4 is 5.84 Å². The predicted octanol–water partition coefficient (Wildman–Crippen LogP) is 2.56. The van der Waals surface area contributed by atoms with Crippen LogP contribution in [0.5, 0.6) is 0 Å². The number of hydrogen-bond donors (Lipinski definition) is 2. The van der Waals surface area contributed by atoms with Crippen LogP contribution in [0.1, 0.15) is 43.7 Å². The summed E-state index contributed by atoms with van der Waals surface area (Å²) in [5, 5.41) is 11.9. The highest BCUT2D eigenvalue weighted by Crippen LogP contribution is 2.32. The Morgan fingerprint density at radius 3 is 2.90 bits per heavy atom. The fraction of sp³-hybridized carbons (Fsp3) is 0.562. The summed E-state index contributed by atoms with van der Waals surface area (Å²) in [6.07, 6.45) is 3.65. The SMILES string of the molecule is CC(C)N(CC(N)=NO)CC1CCCc2ccccc21. The smallest absolute Gasteiger partial charge is 0.153 e. The standard InChI is InChI=1S/C16H25N3O/c1-12(2)19(11-16(17)18-20)10-14-8-5-7-13-6-3-4-9-15(13)14/h3-4,6,9,12,14,20H,5,7-8,10-11H2,1-2H3,(H2,17,18). The molecule has 0 radical (unpaired) electrons. The van der Waals surface area contributed by atoms with Crippen LogP contribution in [0, 0.1) is 0 Å². The highest BCUT2D eigenvalue weighted by molar-refractivity contribution is 5.81. The molecule has 110 valence electrons. The van der Waals surface area contributed by atoms with E-state index in [0.29, 0.717) is 18.5 Å². The molecule has 1 aliphatic carbocycles. The minimum atomic E-state index is 0.280. The van der Waals surface area contributed by atoms with E-state index in [1.807, 2.05) is 0 Å². The molecule has 0 amide bonds. The first-order chi connectivity index (χ1) is 9.61. The minimum Gasteiger partial charge on any atom is -0.409 e. The van der Waals surface area contributed by atoms with E-state index in [1.54, 1.807) is 0 Å². The zero-order chi connectivity index (χ0) is 14.5. The van der Waals surface area contributed by atoms with Gasteiger partial charge < -0.3 is 10.9 Å². The molecule has 2 rings (SSSR count). The van der Waals surface area contributed by atoms with E-state index in [9.17, 15) is 0 Å². The number of benzene rings is 1. The molecule has 0 fully saturated rings. The first kappa shape index (κ1) is 14.9. The Labute approximate surface area is 121 Å². The molecule has 20 heavy (non-hydrogen) atoms. The molecule has 4 heteroatoms. The normalized spacial score (nSPS) is 19.4. The van der Waals surface area contributed by atoms with E-state index in [4.69, 9.17) is 10.9 Å². The number of amidine groups is 1. The van der Waals surface area contributed by atoms with Gasteiger partial charge in [0, 0.05) is 12.6 Å². The van der Waals surface area contributed by atoms with Gasteiger partial charge in [-0.05, 0) is 50.2 Å². The van der Waals surface area contributed by atoms with Gasteiger partial charge in [-0.2, -0.15) is 0 Å². The zero-order valence-electron chi connectivity index (χ0n) is 12.4. The second kappa shape index (κ2) is 6.75. The number of nitrogens with zero attached hydrogens (tertiary/aromatic N) is 2. The van der Waals surface area contributed by atoms with Gasteiger partial charge in [-0.3, -0.25) is 4.90 Å². The van der Waals surface area contributed by atoms with Crippen molar-refractivity contribution in [2.24, 2.45) is 10.9 Å². The van der Waals surface area contributed by atoms with Crippen LogP contribution in [0.25, 0.3) is 0 Å². The molecule has 4 nitrogen and oxygen atoms in total. The fourth-order valence-electron chi connectivity index (χ4n) is 3.02. The van der Waals surface area contributed by atoms with Gasteiger partial charge in [0.1, 0.15) is 0 Å². The van der Waals surface area contributed by atoms with Crippen molar-refractivity contribution in [3.63, 3.8) is 0 Å². The molecule has 1 atom stereocenters. The second-order valence-electron chi connectivity index (χ2n) is 5.90. The summed E-state index contributed by atoms with van der Waals surface area (Å²) in [6, 6.07) is 9.12. The number of fused-ring (bicyclic) bond motifs is 1. The van der Waals surface area contributed by atoms with E-state index in [2.05, 4.69) is 48.2 Å². The Morgan fingerprint density at radius 1 is 1.45 bits per heavy atom. The maximum atomic E-state index is 8.77. The first-order valence-electron chi connectivity index (χ1n) is 7.40. The van der Waals surface area contributed by atoms with Crippen LogP contribution in [-0.4, -0.2) is 35.1 Å².